The number of halogens is 2. The molecule has 0 fully saturated rings. The Balaban J connectivity index is 1.86. The molecule has 0 heterocycles. The maximum Gasteiger partial charge on any atom is 0.298 e. The first-order valence-corrected chi connectivity index (χ1v) is 10.4. The fraction of sp³-hybridized carbons (Fsp3) is 0.200. The van der Waals surface area contributed by atoms with Gasteiger partial charge in [0.25, 0.3) is 22.0 Å². The van der Waals surface area contributed by atoms with Crippen LogP contribution in [0.1, 0.15) is 23.4 Å². The number of benzene rings is 2. The number of hydrogen-bond donors (Lipinski definition) is 3. The van der Waals surface area contributed by atoms with Gasteiger partial charge in [-0.15, -0.1) is 0 Å². The Hall–Kier alpha value is -3.31. The van der Waals surface area contributed by atoms with Crippen LogP contribution in [0.5, 0.6) is 5.75 Å². The van der Waals surface area contributed by atoms with E-state index in [1.165, 1.54) is 24.3 Å². The molecule has 3 rings (SSSR count). The Morgan fingerprint density at radius 3 is 2.32 bits per heavy atom. The average Bonchev–Trinajstić information content (AvgIpc) is 3.18. The maximum atomic E-state index is 14.7. The van der Waals surface area contributed by atoms with Crippen molar-refractivity contribution in [2.75, 3.05) is 12.4 Å². The molecular formula is C20H19F2N3O5S. The zero-order valence-electron chi connectivity index (χ0n) is 18.9. The molecule has 2 aromatic carbocycles. The molecule has 1 aliphatic carbocycles. The van der Waals surface area contributed by atoms with E-state index in [1.54, 1.807) is 4.72 Å². The standard InChI is InChI=1S/C20H19F2N3O5S/c1-30-13-5-2-4-11(8-13)12-9-16(21)18(17(22)10-12)24-19(26)14-6-3-7-15(14)20(27)25-31(23,28)29/h2,4-5,8-10H,3,6-7H2,1H3,(H,24,26)(H,25,27)(H2,23,28,29)/i1D3. The predicted octanol–water partition coefficient (Wildman–Crippen LogP) is 2.38. The minimum atomic E-state index is -4.35. The van der Waals surface area contributed by atoms with Crippen molar-refractivity contribution in [1.29, 1.82) is 0 Å². The minimum absolute atomic E-state index is 0.0332. The number of anilines is 1. The summed E-state index contributed by atoms with van der Waals surface area (Å²) >= 11 is 0. The van der Waals surface area contributed by atoms with E-state index in [2.05, 4.69) is 5.32 Å². The summed E-state index contributed by atoms with van der Waals surface area (Å²) in [5.74, 6) is -4.33. The molecule has 0 radical (unpaired) electrons. The molecule has 2 aromatic rings. The van der Waals surface area contributed by atoms with Crippen LogP contribution in [0.3, 0.4) is 0 Å². The fourth-order valence-electron chi connectivity index (χ4n) is 3.22. The molecular weight excluding hydrogens is 432 g/mol. The Bertz CT molecular complexity index is 1270. The van der Waals surface area contributed by atoms with Gasteiger partial charge < -0.3 is 10.1 Å². The molecule has 0 aromatic heterocycles. The van der Waals surface area contributed by atoms with Crippen LogP contribution >= 0.6 is 0 Å². The highest BCUT2D eigenvalue weighted by molar-refractivity contribution is 7.87. The molecule has 164 valence electrons. The van der Waals surface area contributed by atoms with Crippen molar-refractivity contribution in [3.63, 3.8) is 0 Å². The molecule has 1 aliphatic rings. The van der Waals surface area contributed by atoms with Crippen molar-refractivity contribution in [2.24, 2.45) is 5.14 Å². The maximum absolute atomic E-state index is 14.7. The number of nitrogens with one attached hydrogen (secondary N) is 2. The van der Waals surface area contributed by atoms with Gasteiger partial charge in [-0.05, 0) is 54.7 Å². The summed E-state index contributed by atoms with van der Waals surface area (Å²) in [4.78, 5) is 24.7. The van der Waals surface area contributed by atoms with Gasteiger partial charge >= 0.3 is 0 Å². The number of methoxy groups -OCH3 is 1. The highest BCUT2D eigenvalue weighted by Gasteiger charge is 2.28. The van der Waals surface area contributed by atoms with Crippen LogP contribution in [0.2, 0.25) is 0 Å². The summed E-state index contributed by atoms with van der Waals surface area (Å²) in [6, 6.07) is 7.46. The molecule has 11 heteroatoms. The summed E-state index contributed by atoms with van der Waals surface area (Å²) < 4.78 is 79.4. The molecule has 2 amide bonds. The Morgan fingerprint density at radius 1 is 1.06 bits per heavy atom. The Labute approximate surface area is 181 Å². The van der Waals surface area contributed by atoms with Crippen molar-refractivity contribution >= 4 is 27.7 Å². The number of carbonyl (C=O) groups is 2. The van der Waals surface area contributed by atoms with E-state index in [-0.39, 0.29) is 40.9 Å². The highest BCUT2D eigenvalue weighted by Crippen LogP contribution is 2.31. The van der Waals surface area contributed by atoms with E-state index < -0.39 is 46.4 Å². The van der Waals surface area contributed by atoms with E-state index in [0.717, 1.165) is 12.1 Å². The molecule has 0 saturated carbocycles. The van der Waals surface area contributed by atoms with Crippen molar-refractivity contribution in [2.45, 2.75) is 19.3 Å². The van der Waals surface area contributed by atoms with E-state index in [0.29, 0.717) is 6.42 Å². The van der Waals surface area contributed by atoms with Crippen molar-refractivity contribution in [3.05, 3.63) is 59.2 Å². The van der Waals surface area contributed by atoms with Crippen LogP contribution in [0.25, 0.3) is 11.1 Å². The average molecular weight is 454 g/mol. The summed E-state index contributed by atoms with van der Waals surface area (Å²) in [5, 5.41) is 6.86. The predicted molar refractivity (Wildman–Crippen MR) is 109 cm³/mol. The number of nitrogens with two attached hydrogens (primary N) is 1. The molecule has 0 aliphatic heterocycles. The van der Waals surface area contributed by atoms with E-state index in [4.69, 9.17) is 14.0 Å². The summed E-state index contributed by atoms with van der Waals surface area (Å²) in [6.45, 7) is 0. The molecule has 4 N–H and O–H groups in total. The molecule has 31 heavy (non-hydrogen) atoms. The van der Waals surface area contributed by atoms with Gasteiger partial charge in [-0.2, -0.15) is 8.42 Å². The normalized spacial score (nSPS) is 15.6. The lowest BCUT2D eigenvalue weighted by molar-refractivity contribution is -0.117. The van der Waals surface area contributed by atoms with Crippen molar-refractivity contribution < 1.29 is 35.6 Å². The third-order valence-electron chi connectivity index (χ3n) is 4.57. The number of hydrogen-bond acceptors (Lipinski definition) is 5. The Morgan fingerprint density at radius 2 is 1.71 bits per heavy atom. The van der Waals surface area contributed by atoms with E-state index in [1.807, 2.05) is 0 Å². The SMILES string of the molecule is [2H]C([2H])([2H])Oc1cccc(-c2cc(F)c(NC(=O)C3=C(C(=O)NS(N)(=O)=O)CCC3)c(F)c2)c1. The number of carbonyl (C=O) groups excluding carboxylic acids is 2. The summed E-state index contributed by atoms with van der Waals surface area (Å²) in [5.41, 5.74) is -0.710. The first kappa shape index (κ1) is 18.5. The zero-order valence-corrected chi connectivity index (χ0v) is 16.7. The van der Waals surface area contributed by atoms with Crippen LogP contribution in [-0.4, -0.2) is 27.3 Å². The van der Waals surface area contributed by atoms with Crippen LogP contribution in [0.4, 0.5) is 14.5 Å². The van der Waals surface area contributed by atoms with Gasteiger partial charge in [0, 0.05) is 11.1 Å². The largest absolute Gasteiger partial charge is 0.497 e. The second kappa shape index (κ2) is 8.82. The van der Waals surface area contributed by atoms with Gasteiger partial charge in [-0.25, -0.2) is 18.6 Å². The topological polar surface area (TPSA) is 128 Å². The fourth-order valence-corrected chi connectivity index (χ4v) is 3.60. The first-order valence-electron chi connectivity index (χ1n) is 10.4. The van der Waals surface area contributed by atoms with E-state index >= 15 is 0 Å². The van der Waals surface area contributed by atoms with Gasteiger partial charge in [-0.3, -0.25) is 9.59 Å². The summed E-state index contributed by atoms with van der Waals surface area (Å²) in [7, 11) is -7.06. The van der Waals surface area contributed by atoms with Gasteiger partial charge in [0.2, 0.25) is 0 Å². The minimum Gasteiger partial charge on any atom is -0.497 e. The molecule has 0 bridgehead atoms. The third kappa shape index (κ3) is 5.25. The van der Waals surface area contributed by atoms with Crippen LogP contribution in [-0.2, 0) is 19.8 Å². The number of ether oxygens (including phenoxy) is 1. The van der Waals surface area contributed by atoms with Crippen molar-refractivity contribution in [1.82, 2.24) is 4.72 Å². The van der Waals surface area contributed by atoms with Gasteiger partial charge in [0.1, 0.15) is 23.1 Å². The molecule has 0 spiro atoms. The van der Waals surface area contributed by atoms with Gasteiger partial charge in [-0.1, -0.05) is 12.1 Å². The van der Waals surface area contributed by atoms with Crippen LogP contribution < -0.4 is 19.9 Å². The monoisotopic (exact) mass is 454 g/mol. The third-order valence-corrected chi connectivity index (χ3v) is 5.04. The highest BCUT2D eigenvalue weighted by atomic mass is 32.2. The van der Waals surface area contributed by atoms with E-state index in [9.17, 15) is 26.8 Å². The second-order valence-corrected chi connectivity index (χ2v) is 7.98. The Kier molecular flexibility index (Phi) is 5.25. The zero-order chi connectivity index (χ0) is 25.3. The molecule has 0 atom stereocenters. The lowest BCUT2D eigenvalue weighted by atomic mass is 10.0. The second-order valence-electron chi connectivity index (χ2n) is 6.69. The van der Waals surface area contributed by atoms with Crippen molar-refractivity contribution in [3.8, 4) is 16.9 Å². The smallest absolute Gasteiger partial charge is 0.298 e. The van der Waals surface area contributed by atoms with Crippen LogP contribution in [0.15, 0.2) is 47.5 Å². The van der Waals surface area contributed by atoms with Crippen LogP contribution in [0, 0.1) is 11.6 Å². The molecule has 8 nitrogen and oxygen atoms in total. The lowest BCUT2D eigenvalue weighted by Crippen LogP contribution is -2.37. The molecule has 0 saturated heterocycles. The number of rotatable bonds is 6. The lowest BCUT2D eigenvalue weighted by Gasteiger charge is -2.12. The quantitative estimate of drug-likeness (QED) is 0.618. The first-order chi connectivity index (χ1) is 15.7. The summed E-state index contributed by atoms with van der Waals surface area (Å²) in [6.07, 6.45) is 0.536. The van der Waals surface area contributed by atoms with Gasteiger partial charge in [0.15, 0.2) is 0 Å². The number of amides is 2. The van der Waals surface area contributed by atoms with Gasteiger partial charge in [0.05, 0.1) is 11.2 Å². The molecule has 0 unspecified atom stereocenters.